The Hall–Kier alpha value is -3.34. The Morgan fingerprint density at radius 3 is 2.44 bits per heavy atom. The molecule has 0 saturated carbocycles. The first-order valence-electron chi connectivity index (χ1n) is 8.86. The van der Waals surface area contributed by atoms with E-state index in [1.807, 2.05) is 78.5 Å². The first kappa shape index (κ1) is 18.5. The minimum Gasteiger partial charge on any atom is -0.497 e. The number of rotatable bonds is 7. The van der Waals surface area contributed by atoms with Crippen LogP contribution in [0.25, 0.3) is 5.69 Å². The van der Waals surface area contributed by atoms with Crippen LogP contribution in [0.5, 0.6) is 5.75 Å². The van der Waals surface area contributed by atoms with E-state index in [2.05, 4.69) is 10.5 Å². The molecule has 27 heavy (non-hydrogen) atoms. The van der Waals surface area contributed by atoms with Gasteiger partial charge in [-0.2, -0.15) is 5.10 Å². The molecule has 2 aromatic carbocycles. The van der Waals surface area contributed by atoms with Crippen LogP contribution in [0.2, 0.25) is 0 Å². The molecule has 1 N–H and O–H groups in total. The number of para-hydroxylation sites is 1. The number of methoxy groups -OCH3 is 1. The zero-order valence-corrected chi connectivity index (χ0v) is 15.6. The molecule has 0 aliphatic carbocycles. The molecule has 0 aliphatic rings. The van der Waals surface area contributed by atoms with E-state index < -0.39 is 0 Å². The Kier molecular flexibility index (Phi) is 6.05. The van der Waals surface area contributed by atoms with Crippen molar-refractivity contribution in [2.45, 2.75) is 19.8 Å². The SMILES string of the molecule is COc1ccc(CC/C(C)=N\NC(=O)c2ccccc2-n2cccc2)cc1. The second-order valence-electron chi connectivity index (χ2n) is 6.24. The first-order chi connectivity index (χ1) is 13.2. The summed E-state index contributed by atoms with van der Waals surface area (Å²) < 4.78 is 7.08. The molecule has 5 nitrogen and oxygen atoms in total. The standard InChI is InChI=1S/C22H23N3O2/c1-17(9-10-18-11-13-19(27-2)14-12-18)23-24-22(26)20-7-3-4-8-21(20)25-15-5-6-16-25/h3-8,11-16H,9-10H2,1-2H3,(H,24,26)/b23-17-. The third-order valence-electron chi connectivity index (χ3n) is 4.31. The molecule has 0 aliphatic heterocycles. The fraction of sp³-hybridized carbons (Fsp3) is 0.182. The summed E-state index contributed by atoms with van der Waals surface area (Å²) in [5.74, 6) is 0.626. The van der Waals surface area contributed by atoms with E-state index >= 15 is 0 Å². The molecular weight excluding hydrogens is 338 g/mol. The average Bonchev–Trinajstić information content (AvgIpc) is 3.25. The number of hydrogen-bond donors (Lipinski definition) is 1. The highest BCUT2D eigenvalue weighted by Crippen LogP contribution is 2.15. The lowest BCUT2D eigenvalue weighted by molar-refractivity contribution is 0.0954. The van der Waals surface area contributed by atoms with Gasteiger partial charge in [-0.05, 0) is 61.7 Å². The highest BCUT2D eigenvalue weighted by Gasteiger charge is 2.11. The van der Waals surface area contributed by atoms with Crippen LogP contribution in [-0.2, 0) is 6.42 Å². The Bertz CT molecular complexity index is 913. The van der Waals surface area contributed by atoms with Crippen LogP contribution in [0.15, 0.2) is 78.2 Å². The lowest BCUT2D eigenvalue weighted by Crippen LogP contribution is -2.21. The lowest BCUT2D eigenvalue weighted by atomic mass is 10.1. The van der Waals surface area contributed by atoms with Crippen molar-refractivity contribution in [3.8, 4) is 11.4 Å². The van der Waals surface area contributed by atoms with Crippen LogP contribution in [-0.4, -0.2) is 23.3 Å². The molecule has 0 radical (unpaired) electrons. The van der Waals surface area contributed by atoms with Crippen molar-refractivity contribution in [1.29, 1.82) is 0 Å². The molecule has 0 unspecified atom stereocenters. The second-order valence-corrected chi connectivity index (χ2v) is 6.24. The van der Waals surface area contributed by atoms with Gasteiger partial charge >= 0.3 is 0 Å². The summed E-state index contributed by atoms with van der Waals surface area (Å²) in [7, 11) is 1.66. The first-order valence-corrected chi connectivity index (χ1v) is 8.86. The molecule has 0 saturated heterocycles. The number of aryl methyl sites for hydroxylation is 1. The topological polar surface area (TPSA) is 55.6 Å². The van der Waals surface area contributed by atoms with E-state index in [0.717, 1.165) is 30.0 Å². The summed E-state index contributed by atoms with van der Waals surface area (Å²) >= 11 is 0. The van der Waals surface area contributed by atoms with Gasteiger partial charge in [0.15, 0.2) is 0 Å². The van der Waals surface area contributed by atoms with Crippen molar-refractivity contribution in [3.05, 3.63) is 84.2 Å². The number of amides is 1. The number of nitrogens with one attached hydrogen (secondary N) is 1. The Morgan fingerprint density at radius 2 is 1.74 bits per heavy atom. The summed E-state index contributed by atoms with van der Waals surface area (Å²) in [5, 5.41) is 4.25. The van der Waals surface area contributed by atoms with Gasteiger partial charge in [0.1, 0.15) is 5.75 Å². The van der Waals surface area contributed by atoms with E-state index in [1.54, 1.807) is 13.2 Å². The predicted octanol–water partition coefficient (Wildman–Crippen LogP) is 4.22. The molecule has 0 bridgehead atoms. The summed E-state index contributed by atoms with van der Waals surface area (Å²) in [5.41, 5.74) is 6.16. The Labute approximate surface area is 159 Å². The third-order valence-corrected chi connectivity index (χ3v) is 4.31. The number of carbonyl (C=O) groups is 1. The number of ether oxygens (including phenoxy) is 1. The van der Waals surface area contributed by atoms with Gasteiger partial charge in [0, 0.05) is 18.1 Å². The Morgan fingerprint density at radius 1 is 1.04 bits per heavy atom. The Balaban J connectivity index is 1.61. The number of benzene rings is 2. The molecule has 5 heteroatoms. The molecule has 1 aromatic heterocycles. The highest BCUT2D eigenvalue weighted by atomic mass is 16.5. The average molecular weight is 361 g/mol. The predicted molar refractivity (Wildman–Crippen MR) is 108 cm³/mol. The largest absolute Gasteiger partial charge is 0.497 e. The highest BCUT2D eigenvalue weighted by molar-refractivity contribution is 5.98. The van der Waals surface area contributed by atoms with Crippen LogP contribution in [0.1, 0.15) is 29.3 Å². The summed E-state index contributed by atoms with van der Waals surface area (Å²) in [6.45, 7) is 1.92. The van der Waals surface area contributed by atoms with Gasteiger partial charge in [-0.3, -0.25) is 4.79 Å². The van der Waals surface area contributed by atoms with Crippen LogP contribution in [0.4, 0.5) is 0 Å². The lowest BCUT2D eigenvalue weighted by Gasteiger charge is -2.09. The van der Waals surface area contributed by atoms with Crippen LogP contribution in [0, 0.1) is 0 Å². The number of hydrogen-bond acceptors (Lipinski definition) is 3. The number of aromatic nitrogens is 1. The van der Waals surface area contributed by atoms with Gasteiger partial charge in [-0.25, -0.2) is 5.43 Å². The molecule has 3 rings (SSSR count). The van der Waals surface area contributed by atoms with Crippen molar-refractivity contribution in [1.82, 2.24) is 9.99 Å². The van der Waals surface area contributed by atoms with E-state index in [1.165, 1.54) is 5.56 Å². The molecule has 3 aromatic rings. The zero-order chi connectivity index (χ0) is 19.1. The summed E-state index contributed by atoms with van der Waals surface area (Å²) in [4.78, 5) is 12.6. The van der Waals surface area contributed by atoms with Crippen molar-refractivity contribution < 1.29 is 9.53 Å². The monoisotopic (exact) mass is 361 g/mol. The smallest absolute Gasteiger partial charge is 0.273 e. The van der Waals surface area contributed by atoms with E-state index in [-0.39, 0.29) is 5.91 Å². The van der Waals surface area contributed by atoms with Gasteiger partial charge in [0.2, 0.25) is 0 Å². The van der Waals surface area contributed by atoms with Crippen LogP contribution in [0.3, 0.4) is 0 Å². The second kappa shape index (κ2) is 8.85. The molecule has 0 spiro atoms. The van der Waals surface area contributed by atoms with Crippen molar-refractivity contribution in [2.24, 2.45) is 5.10 Å². The van der Waals surface area contributed by atoms with Crippen molar-refractivity contribution in [3.63, 3.8) is 0 Å². The van der Waals surface area contributed by atoms with Crippen molar-refractivity contribution in [2.75, 3.05) is 7.11 Å². The zero-order valence-electron chi connectivity index (χ0n) is 15.6. The van der Waals surface area contributed by atoms with E-state index in [0.29, 0.717) is 5.56 Å². The van der Waals surface area contributed by atoms with Gasteiger partial charge in [0.25, 0.3) is 5.91 Å². The maximum Gasteiger partial charge on any atom is 0.273 e. The van der Waals surface area contributed by atoms with Gasteiger partial charge < -0.3 is 9.30 Å². The minimum absolute atomic E-state index is 0.219. The molecular formula is C22H23N3O2. The maximum atomic E-state index is 12.6. The number of carbonyl (C=O) groups excluding carboxylic acids is 1. The van der Waals surface area contributed by atoms with Gasteiger partial charge in [-0.1, -0.05) is 24.3 Å². The molecule has 0 fully saturated rings. The fourth-order valence-corrected chi connectivity index (χ4v) is 2.77. The minimum atomic E-state index is -0.219. The summed E-state index contributed by atoms with van der Waals surface area (Å²) in [6.07, 6.45) is 5.45. The van der Waals surface area contributed by atoms with Crippen LogP contribution >= 0.6 is 0 Å². The molecule has 1 amide bonds. The molecule has 0 atom stereocenters. The number of nitrogens with zero attached hydrogens (tertiary/aromatic N) is 2. The normalized spacial score (nSPS) is 11.3. The third kappa shape index (κ3) is 4.85. The van der Waals surface area contributed by atoms with E-state index in [4.69, 9.17) is 4.74 Å². The maximum absolute atomic E-state index is 12.6. The van der Waals surface area contributed by atoms with Gasteiger partial charge in [0.05, 0.1) is 18.4 Å². The van der Waals surface area contributed by atoms with E-state index in [9.17, 15) is 4.79 Å². The van der Waals surface area contributed by atoms with Gasteiger partial charge in [-0.15, -0.1) is 0 Å². The van der Waals surface area contributed by atoms with Crippen LogP contribution < -0.4 is 10.2 Å². The molecule has 1 heterocycles. The van der Waals surface area contributed by atoms with Crippen molar-refractivity contribution >= 4 is 11.6 Å². The number of hydrazone groups is 1. The molecule has 138 valence electrons. The summed E-state index contributed by atoms with van der Waals surface area (Å²) in [6, 6.07) is 19.3. The fourth-order valence-electron chi connectivity index (χ4n) is 2.77. The quantitative estimate of drug-likeness (QED) is 0.506.